The number of para-hydroxylation sites is 2. The monoisotopic (exact) mass is 305 g/mol. The average Bonchev–Trinajstić information content (AvgIpc) is 2.33. The summed E-state index contributed by atoms with van der Waals surface area (Å²) in [6.45, 7) is 0.416. The molecule has 1 aromatic carbocycles. The summed E-state index contributed by atoms with van der Waals surface area (Å²) >= 11 is 0. The number of hydrogen-bond acceptors (Lipinski definition) is 5. The zero-order chi connectivity index (χ0) is 14.3. The molecular weight excluding hydrogens is 286 g/mol. The summed E-state index contributed by atoms with van der Waals surface area (Å²) in [6.07, 6.45) is 1.75. The summed E-state index contributed by atoms with van der Waals surface area (Å²) in [5.41, 5.74) is 6.28. The maximum absolute atomic E-state index is 11.5. The molecule has 0 bridgehead atoms. The number of anilines is 1. The highest BCUT2D eigenvalue weighted by atomic mass is 32.2. The van der Waals surface area contributed by atoms with Crippen LogP contribution in [0.1, 0.15) is 6.42 Å². The summed E-state index contributed by atoms with van der Waals surface area (Å²) in [6, 6.07) is 7.17. The van der Waals surface area contributed by atoms with Crippen molar-refractivity contribution in [3.05, 3.63) is 24.3 Å². The Balaban J connectivity index is 2.21. The van der Waals surface area contributed by atoms with Crippen LogP contribution in [0, 0.1) is 0 Å². The highest BCUT2D eigenvalue weighted by Crippen LogP contribution is 2.19. The van der Waals surface area contributed by atoms with Crippen LogP contribution in [0.4, 0.5) is 5.69 Å². The fourth-order valence-electron chi connectivity index (χ4n) is 1.36. The van der Waals surface area contributed by atoms with Gasteiger partial charge in [0.25, 0.3) is 0 Å². The van der Waals surface area contributed by atoms with E-state index in [-0.39, 0.29) is 11.5 Å². The van der Waals surface area contributed by atoms with Gasteiger partial charge < -0.3 is 10.5 Å². The molecule has 0 aliphatic rings. The molecule has 0 saturated heterocycles. The largest absolute Gasteiger partial charge is 0.491 e. The SMILES string of the molecule is CS(=O)(=O)CCS(=O)CCCOc1ccccc1N. The second kappa shape index (κ2) is 7.49. The Kier molecular flexibility index (Phi) is 6.30. The van der Waals surface area contributed by atoms with E-state index in [9.17, 15) is 12.6 Å². The van der Waals surface area contributed by atoms with E-state index in [4.69, 9.17) is 10.5 Å². The van der Waals surface area contributed by atoms with Crippen molar-refractivity contribution >= 4 is 26.3 Å². The van der Waals surface area contributed by atoms with Crippen LogP contribution >= 0.6 is 0 Å². The number of sulfone groups is 1. The Labute approximate surface area is 116 Å². The van der Waals surface area contributed by atoms with Gasteiger partial charge in [-0.25, -0.2) is 8.42 Å². The maximum atomic E-state index is 11.5. The lowest BCUT2D eigenvalue weighted by atomic mass is 10.3. The molecule has 0 heterocycles. The number of ether oxygens (including phenoxy) is 1. The van der Waals surface area contributed by atoms with Crippen LogP contribution in [0.3, 0.4) is 0 Å². The normalized spacial score (nSPS) is 13.1. The van der Waals surface area contributed by atoms with E-state index in [1.165, 1.54) is 0 Å². The first-order valence-corrected chi connectivity index (χ1v) is 9.43. The highest BCUT2D eigenvalue weighted by Gasteiger charge is 2.07. The van der Waals surface area contributed by atoms with Gasteiger partial charge in [0.2, 0.25) is 0 Å². The quantitative estimate of drug-likeness (QED) is 0.568. The van der Waals surface area contributed by atoms with Crippen LogP contribution in [-0.2, 0) is 20.6 Å². The van der Waals surface area contributed by atoms with Crippen LogP contribution in [0.25, 0.3) is 0 Å². The van der Waals surface area contributed by atoms with Crippen LogP contribution in [0.15, 0.2) is 24.3 Å². The Morgan fingerprint density at radius 2 is 1.95 bits per heavy atom. The minimum absolute atomic E-state index is 0.0356. The summed E-state index contributed by atoms with van der Waals surface area (Å²) in [7, 11) is -4.16. The molecule has 108 valence electrons. The third-order valence-electron chi connectivity index (χ3n) is 2.37. The average molecular weight is 305 g/mol. The summed E-state index contributed by atoms with van der Waals surface area (Å²) in [5, 5.41) is 0. The van der Waals surface area contributed by atoms with Gasteiger partial charge in [0.05, 0.1) is 18.0 Å². The third kappa shape index (κ3) is 7.17. The van der Waals surface area contributed by atoms with Crippen LogP contribution in [0.5, 0.6) is 5.75 Å². The van der Waals surface area contributed by atoms with Gasteiger partial charge in [-0.05, 0) is 18.6 Å². The molecule has 19 heavy (non-hydrogen) atoms. The molecule has 0 aliphatic heterocycles. The first-order chi connectivity index (χ1) is 8.88. The maximum Gasteiger partial charge on any atom is 0.148 e. The van der Waals surface area contributed by atoms with Crippen molar-refractivity contribution in [2.75, 3.05) is 35.9 Å². The molecule has 0 saturated carbocycles. The Bertz CT molecular complexity index is 528. The molecule has 5 nitrogen and oxygen atoms in total. The van der Waals surface area contributed by atoms with Crippen molar-refractivity contribution in [3.8, 4) is 5.75 Å². The lowest BCUT2D eigenvalue weighted by molar-refractivity contribution is 0.320. The second-order valence-corrected chi connectivity index (χ2v) is 8.17. The predicted molar refractivity (Wildman–Crippen MR) is 78.6 cm³/mol. The molecule has 0 radical (unpaired) electrons. The van der Waals surface area contributed by atoms with Gasteiger partial charge in [0, 0.05) is 28.6 Å². The molecule has 0 amide bonds. The molecule has 0 aromatic heterocycles. The minimum atomic E-state index is -3.04. The third-order valence-corrected chi connectivity index (χ3v) is 4.98. The molecule has 1 unspecified atom stereocenters. The van der Waals surface area contributed by atoms with Gasteiger partial charge in [-0.3, -0.25) is 4.21 Å². The second-order valence-electron chi connectivity index (χ2n) is 4.22. The van der Waals surface area contributed by atoms with Gasteiger partial charge in [-0.2, -0.15) is 0 Å². The standard InChI is InChI=1S/C12H19NO4S2/c1-19(15,16)10-9-18(14)8-4-7-17-12-6-3-2-5-11(12)13/h2-3,5-6H,4,7-10,13H2,1H3. The highest BCUT2D eigenvalue weighted by molar-refractivity contribution is 7.92. The minimum Gasteiger partial charge on any atom is -0.491 e. The molecule has 1 aromatic rings. The molecule has 2 N–H and O–H groups in total. The van der Waals surface area contributed by atoms with E-state index in [1.54, 1.807) is 12.1 Å². The molecule has 7 heteroatoms. The van der Waals surface area contributed by atoms with E-state index < -0.39 is 20.6 Å². The zero-order valence-electron chi connectivity index (χ0n) is 10.9. The summed E-state index contributed by atoms with van der Waals surface area (Å²) in [4.78, 5) is 0. The van der Waals surface area contributed by atoms with Gasteiger partial charge >= 0.3 is 0 Å². The lowest BCUT2D eigenvalue weighted by Crippen LogP contribution is -2.14. The lowest BCUT2D eigenvalue weighted by Gasteiger charge is -2.08. The zero-order valence-corrected chi connectivity index (χ0v) is 12.5. The van der Waals surface area contributed by atoms with Crippen LogP contribution < -0.4 is 10.5 Å². The summed E-state index contributed by atoms with van der Waals surface area (Å²) < 4.78 is 38.8. The molecule has 0 fully saturated rings. The predicted octanol–water partition coefficient (Wildman–Crippen LogP) is 0.831. The van der Waals surface area contributed by atoms with Gasteiger partial charge in [0.15, 0.2) is 0 Å². The Morgan fingerprint density at radius 3 is 2.58 bits per heavy atom. The number of rotatable bonds is 8. The topological polar surface area (TPSA) is 86.5 Å². The number of hydrogen-bond donors (Lipinski definition) is 1. The van der Waals surface area contributed by atoms with Crippen LogP contribution in [-0.4, -0.2) is 42.7 Å². The van der Waals surface area contributed by atoms with Crippen molar-refractivity contribution in [3.63, 3.8) is 0 Å². The molecule has 0 aliphatic carbocycles. The van der Waals surface area contributed by atoms with Crippen molar-refractivity contribution in [2.45, 2.75) is 6.42 Å². The number of benzene rings is 1. The number of nitrogens with two attached hydrogens (primary N) is 1. The molecule has 0 spiro atoms. The van der Waals surface area contributed by atoms with Gasteiger partial charge in [-0.1, -0.05) is 12.1 Å². The van der Waals surface area contributed by atoms with Gasteiger partial charge in [-0.15, -0.1) is 0 Å². The molecule has 1 atom stereocenters. The van der Waals surface area contributed by atoms with Gasteiger partial charge in [0.1, 0.15) is 15.6 Å². The van der Waals surface area contributed by atoms with Crippen LogP contribution in [0.2, 0.25) is 0 Å². The Morgan fingerprint density at radius 1 is 1.26 bits per heavy atom. The summed E-state index contributed by atoms with van der Waals surface area (Å²) in [5.74, 6) is 1.20. The Hall–Kier alpha value is -1.08. The van der Waals surface area contributed by atoms with E-state index in [1.807, 2.05) is 12.1 Å². The van der Waals surface area contributed by atoms with Crippen molar-refractivity contribution < 1.29 is 17.4 Å². The van der Waals surface area contributed by atoms with E-state index in [0.717, 1.165) is 6.26 Å². The first kappa shape index (κ1) is 16.0. The molecule has 1 rings (SSSR count). The van der Waals surface area contributed by atoms with E-state index >= 15 is 0 Å². The van der Waals surface area contributed by atoms with E-state index in [0.29, 0.717) is 30.2 Å². The number of nitrogen functional groups attached to an aromatic ring is 1. The molecular formula is C12H19NO4S2. The van der Waals surface area contributed by atoms with Crippen molar-refractivity contribution in [1.29, 1.82) is 0 Å². The van der Waals surface area contributed by atoms with Crippen molar-refractivity contribution in [1.82, 2.24) is 0 Å². The fraction of sp³-hybridized carbons (Fsp3) is 0.500. The fourth-order valence-corrected chi connectivity index (χ4v) is 3.96. The van der Waals surface area contributed by atoms with E-state index in [2.05, 4.69) is 0 Å². The smallest absolute Gasteiger partial charge is 0.148 e. The first-order valence-electron chi connectivity index (χ1n) is 5.88. The van der Waals surface area contributed by atoms with Crippen molar-refractivity contribution in [2.24, 2.45) is 0 Å².